The van der Waals surface area contributed by atoms with Crippen molar-refractivity contribution in [3.05, 3.63) is 51.0 Å². The van der Waals surface area contributed by atoms with Crippen LogP contribution in [0.2, 0.25) is 10.0 Å². The lowest BCUT2D eigenvalue weighted by Gasteiger charge is -2.07. The van der Waals surface area contributed by atoms with Crippen molar-refractivity contribution in [3.8, 4) is 11.4 Å². The van der Waals surface area contributed by atoms with Crippen molar-refractivity contribution >= 4 is 62.6 Å². The van der Waals surface area contributed by atoms with E-state index in [2.05, 4.69) is 36.4 Å². The number of nitrogens with zero attached hydrogens (tertiary/aromatic N) is 4. The van der Waals surface area contributed by atoms with E-state index in [-0.39, 0.29) is 22.5 Å². The zero-order valence-corrected chi connectivity index (χ0v) is 16.9. The van der Waals surface area contributed by atoms with Crippen LogP contribution >= 0.6 is 50.9 Å². The molecule has 3 N–H and O–H groups in total. The van der Waals surface area contributed by atoms with Crippen molar-refractivity contribution in [1.82, 2.24) is 19.9 Å². The molecule has 3 rings (SSSR count). The fourth-order valence-electron chi connectivity index (χ4n) is 2.01. The Balaban J connectivity index is 1.67. The van der Waals surface area contributed by atoms with Gasteiger partial charge in [0.15, 0.2) is 11.6 Å². The minimum atomic E-state index is -0.308. The predicted octanol–water partition coefficient (Wildman–Crippen LogP) is 3.85. The lowest BCUT2D eigenvalue weighted by Crippen LogP contribution is -2.17. The lowest BCUT2D eigenvalue weighted by molar-refractivity contribution is -0.113. The number of carbonyl (C=O) groups is 1. The molecule has 1 aromatic carbocycles. The van der Waals surface area contributed by atoms with Gasteiger partial charge in [-0.15, -0.1) is 10.2 Å². The Morgan fingerprint density at radius 1 is 1.31 bits per heavy atom. The summed E-state index contributed by atoms with van der Waals surface area (Å²) in [6.45, 7) is 0. The maximum atomic E-state index is 12.1. The molecule has 0 spiro atoms. The quantitative estimate of drug-likeness (QED) is 0.431. The number of nitrogens with one attached hydrogen (secondary N) is 1. The summed E-state index contributed by atoms with van der Waals surface area (Å²) < 4.78 is 2.18. The summed E-state index contributed by atoms with van der Waals surface area (Å²) in [4.78, 5) is 16.1. The molecule has 0 bridgehead atoms. The third-order valence-corrected chi connectivity index (χ3v) is 5.31. The summed E-state index contributed by atoms with van der Waals surface area (Å²) >= 11 is 16.4. The zero-order valence-electron chi connectivity index (χ0n) is 13.0. The average Bonchev–Trinajstić information content (AvgIpc) is 2.97. The summed E-state index contributed by atoms with van der Waals surface area (Å²) in [5.74, 6) is 6.54. The van der Waals surface area contributed by atoms with Gasteiger partial charge in [0.2, 0.25) is 11.1 Å². The molecule has 11 heteroatoms. The van der Waals surface area contributed by atoms with Crippen molar-refractivity contribution in [3.63, 3.8) is 0 Å². The SMILES string of the molecule is Nn1c(SCC(=O)Nc2ncc(Cl)cc2Cl)nnc1-c1ccccc1Br. The second kappa shape index (κ2) is 8.26. The summed E-state index contributed by atoms with van der Waals surface area (Å²) in [5, 5.41) is 11.8. The number of aromatic nitrogens is 4. The van der Waals surface area contributed by atoms with Crippen LogP contribution in [-0.2, 0) is 4.79 Å². The first-order valence-corrected chi connectivity index (χ1v) is 9.68. The minimum absolute atomic E-state index is 0.0614. The van der Waals surface area contributed by atoms with Gasteiger partial charge in [0.1, 0.15) is 0 Å². The number of nitrogen functional groups attached to an aromatic ring is 1. The second-order valence-corrected chi connectivity index (χ2v) is 7.62. The van der Waals surface area contributed by atoms with E-state index in [1.165, 1.54) is 16.9 Å². The second-order valence-electron chi connectivity index (χ2n) is 4.98. The fraction of sp³-hybridized carbons (Fsp3) is 0.0667. The van der Waals surface area contributed by atoms with Crippen LogP contribution in [0.15, 0.2) is 46.2 Å². The number of hydrogen-bond donors (Lipinski definition) is 2. The van der Waals surface area contributed by atoms with Gasteiger partial charge in [-0.1, -0.05) is 63.0 Å². The number of amides is 1. The highest BCUT2D eigenvalue weighted by atomic mass is 79.9. The van der Waals surface area contributed by atoms with Gasteiger partial charge in [-0.05, 0) is 18.2 Å². The van der Waals surface area contributed by atoms with Crippen LogP contribution in [0.1, 0.15) is 0 Å². The molecule has 134 valence electrons. The van der Waals surface area contributed by atoms with Gasteiger partial charge in [0.25, 0.3) is 0 Å². The van der Waals surface area contributed by atoms with E-state index >= 15 is 0 Å². The number of benzene rings is 1. The molecule has 0 aliphatic carbocycles. The molecule has 1 amide bonds. The highest BCUT2D eigenvalue weighted by Gasteiger charge is 2.16. The maximum absolute atomic E-state index is 12.1. The Morgan fingerprint density at radius 3 is 2.81 bits per heavy atom. The molecular formula is C15H11BrCl2N6OS. The third-order valence-electron chi connectivity index (χ3n) is 3.18. The number of nitrogens with two attached hydrogens (primary N) is 1. The highest BCUT2D eigenvalue weighted by molar-refractivity contribution is 9.10. The predicted molar refractivity (Wildman–Crippen MR) is 107 cm³/mol. The number of anilines is 1. The normalized spacial score (nSPS) is 10.7. The largest absolute Gasteiger partial charge is 0.335 e. The van der Waals surface area contributed by atoms with E-state index < -0.39 is 0 Å². The van der Waals surface area contributed by atoms with Gasteiger partial charge in [-0.2, -0.15) is 0 Å². The third kappa shape index (κ3) is 4.29. The number of halogens is 3. The average molecular weight is 474 g/mol. The first-order chi connectivity index (χ1) is 12.5. The van der Waals surface area contributed by atoms with Crippen LogP contribution in [-0.4, -0.2) is 31.5 Å². The minimum Gasteiger partial charge on any atom is -0.335 e. The molecule has 0 radical (unpaired) electrons. The first-order valence-electron chi connectivity index (χ1n) is 7.15. The number of rotatable bonds is 5. The van der Waals surface area contributed by atoms with Crippen molar-refractivity contribution in [2.45, 2.75) is 5.16 Å². The molecule has 3 aromatic rings. The zero-order chi connectivity index (χ0) is 18.7. The molecule has 0 fully saturated rings. The summed E-state index contributed by atoms with van der Waals surface area (Å²) in [5.41, 5.74) is 0.802. The topological polar surface area (TPSA) is 98.7 Å². The van der Waals surface area contributed by atoms with E-state index in [4.69, 9.17) is 29.0 Å². The molecule has 7 nitrogen and oxygen atoms in total. The van der Waals surface area contributed by atoms with Crippen LogP contribution in [0.4, 0.5) is 5.82 Å². The molecule has 2 aromatic heterocycles. The summed E-state index contributed by atoms with van der Waals surface area (Å²) in [7, 11) is 0. The Kier molecular flexibility index (Phi) is 6.02. The number of hydrogen-bond acceptors (Lipinski definition) is 6. The van der Waals surface area contributed by atoms with Gasteiger partial charge >= 0.3 is 0 Å². The smallest absolute Gasteiger partial charge is 0.236 e. The summed E-state index contributed by atoms with van der Waals surface area (Å²) in [6, 6.07) is 9.01. The van der Waals surface area contributed by atoms with E-state index in [0.29, 0.717) is 16.0 Å². The maximum Gasteiger partial charge on any atom is 0.236 e. The molecule has 26 heavy (non-hydrogen) atoms. The molecule has 2 heterocycles. The summed E-state index contributed by atoms with van der Waals surface area (Å²) in [6.07, 6.45) is 1.40. The molecular weight excluding hydrogens is 463 g/mol. The van der Waals surface area contributed by atoms with Crippen molar-refractivity contribution in [2.75, 3.05) is 16.9 Å². The van der Waals surface area contributed by atoms with E-state index in [1.807, 2.05) is 24.3 Å². The van der Waals surface area contributed by atoms with Crippen LogP contribution < -0.4 is 11.2 Å². The Labute approximate surface area is 171 Å². The first kappa shape index (κ1) is 19.0. The van der Waals surface area contributed by atoms with Crippen LogP contribution in [0.25, 0.3) is 11.4 Å². The van der Waals surface area contributed by atoms with E-state index in [9.17, 15) is 4.79 Å². The molecule has 0 saturated heterocycles. The molecule has 0 saturated carbocycles. The van der Waals surface area contributed by atoms with Gasteiger partial charge < -0.3 is 11.2 Å². The Hall–Kier alpha value is -1.81. The molecule has 0 aliphatic heterocycles. The number of carbonyl (C=O) groups excluding carboxylic acids is 1. The standard InChI is InChI=1S/C15H11BrCl2N6OS/c16-10-4-2-1-3-9(10)14-22-23-15(24(14)19)26-7-12(25)21-13-11(18)5-8(17)6-20-13/h1-6H,7,19H2,(H,20,21,25). The van der Waals surface area contributed by atoms with Gasteiger partial charge in [-0.3, -0.25) is 4.79 Å². The van der Waals surface area contributed by atoms with Crippen molar-refractivity contribution in [2.24, 2.45) is 0 Å². The van der Waals surface area contributed by atoms with E-state index in [1.54, 1.807) is 0 Å². The van der Waals surface area contributed by atoms with Crippen molar-refractivity contribution < 1.29 is 4.79 Å². The molecule has 0 unspecified atom stereocenters. The van der Waals surface area contributed by atoms with Gasteiger partial charge in [-0.25, -0.2) is 9.66 Å². The fourth-order valence-corrected chi connectivity index (χ4v) is 3.55. The van der Waals surface area contributed by atoms with Crippen LogP contribution in [0.3, 0.4) is 0 Å². The van der Waals surface area contributed by atoms with Crippen LogP contribution in [0, 0.1) is 0 Å². The number of pyridine rings is 1. The lowest BCUT2D eigenvalue weighted by atomic mass is 10.2. The van der Waals surface area contributed by atoms with Crippen molar-refractivity contribution in [1.29, 1.82) is 0 Å². The van der Waals surface area contributed by atoms with Gasteiger partial charge in [0, 0.05) is 16.2 Å². The van der Waals surface area contributed by atoms with Crippen LogP contribution in [0.5, 0.6) is 0 Å². The van der Waals surface area contributed by atoms with Gasteiger partial charge in [0.05, 0.1) is 15.8 Å². The molecule has 0 atom stereocenters. The monoisotopic (exact) mass is 472 g/mol. The number of thioether (sulfide) groups is 1. The Morgan fingerprint density at radius 2 is 2.08 bits per heavy atom. The van der Waals surface area contributed by atoms with E-state index in [0.717, 1.165) is 21.8 Å². The Bertz CT molecular complexity index is 967. The molecule has 0 aliphatic rings. The highest BCUT2D eigenvalue weighted by Crippen LogP contribution is 2.28.